The molecule has 1 saturated heterocycles. The van der Waals surface area contributed by atoms with E-state index in [-0.39, 0.29) is 18.3 Å². The summed E-state index contributed by atoms with van der Waals surface area (Å²) in [5.74, 6) is -0.417. The molecule has 3 heterocycles. The summed E-state index contributed by atoms with van der Waals surface area (Å²) in [5.41, 5.74) is 1.38. The first-order chi connectivity index (χ1) is 17.9. The molecule has 3 aromatic rings. The van der Waals surface area contributed by atoms with E-state index in [0.29, 0.717) is 47.9 Å². The Morgan fingerprint density at radius 1 is 1.22 bits per heavy atom. The maximum absolute atomic E-state index is 14.2. The number of ether oxygens (including phenoxy) is 1. The Kier molecular flexibility index (Phi) is 7.37. The standard InChI is InChI=1S/C28H33FN4O4/c1-37-25-8-7-23-26(32-25)21(9-12-30-23)24(34)17-31-28(27(35)36)10-4-13-33(14-11-28)19-15-18(16-19)20-5-2-3-6-22(20)29/h2-3,5-9,12,18-19,24,31,34H,4,10-11,13-17H2,1H3,(H,35,36)/t18?,19?,24-,28?/m0/s1. The lowest BCUT2D eigenvalue weighted by Crippen LogP contribution is -2.54. The van der Waals surface area contributed by atoms with Crippen LogP contribution in [0, 0.1) is 5.82 Å². The van der Waals surface area contributed by atoms with E-state index < -0.39 is 17.6 Å². The third-order valence-corrected chi connectivity index (χ3v) is 8.05. The molecule has 2 fully saturated rings. The summed E-state index contributed by atoms with van der Waals surface area (Å²) in [6, 6.07) is 12.5. The molecule has 0 amide bonds. The molecule has 8 nitrogen and oxygen atoms in total. The molecule has 1 unspecified atom stereocenters. The second-order valence-corrected chi connectivity index (χ2v) is 10.1. The van der Waals surface area contributed by atoms with Crippen molar-refractivity contribution < 1.29 is 24.1 Å². The number of likely N-dealkylation sites (tertiary alicyclic amines) is 1. The van der Waals surface area contributed by atoms with Crippen molar-refractivity contribution in [2.24, 2.45) is 0 Å². The van der Waals surface area contributed by atoms with E-state index >= 15 is 0 Å². The van der Waals surface area contributed by atoms with Crippen LogP contribution in [-0.2, 0) is 4.79 Å². The van der Waals surface area contributed by atoms with Gasteiger partial charge in [-0.2, -0.15) is 0 Å². The van der Waals surface area contributed by atoms with Gasteiger partial charge in [0.1, 0.15) is 11.4 Å². The second kappa shape index (κ2) is 10.7. The Balaban J connectivity index is 1.23. The molecule has 1 aromatic carbocycles. The molecule has 2 aromatic heterocycles. The molecule has 196 valence electrons. The number of carboxylic acids is 1. The summed E-state index contributed by atoms with van der Waals surface area (Å²) in [5, 5.41) is 24.4. The summed E-state index contributed by atoms with van der Waals surface area (Å²) >= 11 is 0. The first kappa shape index (κ1) is 25.5. The molecule has 0 radical (unpaired) electrons. The number of carbonyl (C=O) groups is 1. The molecule has 2 atom stereocenters. The second-order valence-electron chi connectivity index (χ2n) is 10.1. The summed E-state index contributed by atoms with van der Waals surface area (Å²) in [7, 11) is 1.53. The minimum atomic E-state index is -1.13. The number of fused-ring (bicyclic) bond motifs is 1. The number of methoxy groups -OCH3 is 1. The Morgan fingerprint density at radius 2 is 2.03 bits per heavy atom. The van der Waals surface area contributed by atoms with Gasteiger partial charge in [-0.15, -0.1) is 0 Å². The van der Waals surface area contributed by atoms with E-state index in [0.717, 1.165) is 31.4 Å². The number of β-amino-alcohol motifs (C(OH)–C–C–N with tert-alkyl or cyclic N) is 1. The van der Waals surface area contributed by atoms with Crippen LogP contribution in [0.3, 0.4) is 0 Å². The van der Waals surface area contributed by atoms with E-state index in [4.69, 9.17) is 4.74 Å². The number of halogens is 1. The number of hydrogen-bond donors (Lipinski definition) is 3. The van der Waals surface area contributed by atoms with Gasteiger partial charge in [-0.25, -0.2) is 9.37 Å². The lowest BCUT2D eigenvalue weighted by molar-refractivity contribution is -0.145. The fourth-order valence-electron chi connectivity index (χ4n) is 5.74. The fraction of sp³-hybridized carbons (Fsp3) is 0.464. The number of aromatic nitrogens is 2. The zero-order valence-corrected chi connectivity index (χ0v) is 20.9. The van der Waals surface area contributed by atoms with E-state index in [1.807, 2.05) is 12.1 Å². The highest BCUT2D eigenvalue weighted by Crippen LogP contribution is 2.42. The van der Waals surface area contributed by atoms with Gasteiger partial charge in [-0.05, 0) is 68.3 Å². The molecule has 0 spiro atoms. The van der Waals surface area contributed by atoms with Crippen LogP contribution in [0.5, 0.6) is 5.88 Å². The number of rotatable bonds is 8. The average molecular weight is 509 g/mol. The quantitative estimate of drug-likeness (QED) is 0.423. The minimum absolute atomic E-state index is 0.0725. The number of aliphatic hydroxyl groups excluding tert-OH is 1. The SMILES string of the molecule is COc1ccc2nccc([C@@H](O)CNC3(C(=O)O)CCCN(C4CC(c5ccccc5F)C4)CC3)c2n1. The van der Waals surface area contributed by atoms with Gasteiger partial charge in [0, 0.05) is 37.0 Å². The van der Waals surface area contributed by atoms with Crippen molar-refractivity contribution in [2.45, 2.75) is 55.7 Å². The zero-order chi connectivity index (χ0) is 26.0. The molecule has 37 heavy (non-hydrogen) atoms. The third kappa shape index (κ3) is 5.16. The highest BCUT2D eigenvalue weighted by molar-refractivity contribution is 5.79. The van der Waals surface area contributed by atoms with Crippen LogP contribution < -0.4 is 10.1 Å². The monoisotopic (exact) mass is 508 g/mol. The van der Waals surface area contributed by atoms with Gasteiger partial charge in [0.2, 0.25) is 5.88 Å². The van der Waals surface area contributed by atoms with Gasteiger partial charge < -0.3 is 19.8 Å². The number of hydrogen-bond acceptors (Lipinski definition) is 7. The molecule has 1 saturated carbocycles. The Bertz CT molecular complexity index is 1270. The largest absolute Gasteiger partial charge is 0.481 e. The van der Waals surface area contributed by atoms with E-state index in [1.54, 1.807) is 30.5 Å². The van der Waals surface area contributed by atoms with E-state index in [9.17, 15) is 19.4 Å². The number of carboxylic acid groups (broad SMARTS) is 1. The lowest BCUT2D eigenvalue weighted by Gasteiger charge is -2.43. The third-order valence-electron chi connectivity index (χ3n) is 8.05. The van der Waals surface area contributed by atoms with Gasteiger partial charge in [-0.1, -0.05) is 18.2 Å². The van der Waals surface area contributed by atoms with Gasteiger partial charge in [0.15, 0.2) is 0 Å². The van der Waals surface area contributed by atoms with Crippen LogP contribution in [-0.4, -0.2) is 69.4 Å². The maximum Gasteiger partial charge on any atom is 0.323 e. The first-order valence-corrected chi connectivity index (χ1v) is 12.8. The van der Waals surface area contributed by atoms with E-state index in [2.05, 4.69) is 20.2 Å². The molecular weight excluding hydrogens is 475 g/mol. The van der Waals surface area contributed by atoms with Crippen molar-refractivity contribution in [3.63, 3.8) is 0 Å². The normalized spacial score (nSPS) is 25.3. The summed E-state index contributed by atoms with van der Waals surface area (Å²) in [4.78, 5) is 23.6. The van der Waals surface area contributed by atoms with E-state index in [1.165, 1.54) is 13.2 Å². The average Bonchev–Trinajstić information content (AvgIpc) is 3.10. The maximum atomic E-state index is 14.2. The van der Waals surface area contributed by atoms with Crippen molar-refractivity contribution in [1.82, 2.24) is 20.2 Å². The van der Waals surface area contributed by atoms with Gasteiger partial charge >= 0.3 is 5.97 Å². The first-order valence-electron chi connectivity index (χ1n) is 12.8. The predicted molar refractivity (Wildman–Crippen MR) is 137 cm³/mol. The van der Waals surface area contributed by atoms with Crippen molar-refractivity contribution in [3.05, 3.63) is 65.6 Å². The Hall–Kier alpha value is -3.14. The van der Waals surface area contributed by atoms with Crippen LogP contribution in [0.1, 0.15) is 55.3 Å². The molecule has 2 aliphatic rings. The summed E-state index contributed by atoms with van der Waals surface area (Å²) in [6.45, 7) is 1.52. The van der Waals surface area contributed by atoms with Gasteiger partial charge in [-0.3, -0.25) is 15.1 Å². The molecular formula is C28H33FN4O4. The van der Waals surface area contributed by atoms with Crippen molar-refractivity contribution >= 4 is 17.0 Å². The molecule has 9 heteroatoms. The van der Waals surface area contributed by atoms with Gasteiger partial charge in [0.05, 0.1) is 24.2 Å². The molecule has 5 rings (SSSR count). The van der Waals surface area contributed by atoms with Crippen LogP contribution in [0.15, 0.2) is 48.7 Å². The van der Waals surface area contributed by atoms with Gasteiger partial charge in [0.25, 0.3) is 0 Å². The van der Waals surface area contributed by atoms with Crippen LogP contribution >= 0.6 is 0 Å². The topological polar surface area (TPSA) is 108 Å². The Labute approximate surface area is 215 Å². The molecule has 3 N–H and O–H groups in total. The predicted octanol–water partition coefficient (Wildman–Crippen LogP) is 3.66. The van der Waals surface area contributed by atoms with Crippen LogP contribution in [0.2, 0.25) is 0 Å². The van der Waals surface area contributed by atoms with Crippen molar-refractivity contribution in [3.8, 4) is 5.88 Å². The number of aliphatic hydroxyl groups is 1. The minimum Gasteiger partial charge on any atom is -0.481 e. The molecule has 1 aliphatic heterocycles. The Morgan fingerprint density at radius 3 is 2.78 bits per heavy atom. The summed E-state index contributed by atoms with van der Waals surface area (Å²) < 4.78 is 19.4. The fourth-order valence-corrected chi connectivity index (χ4v) is 5.74. The number of aliphatic carboxylic acids is 1. The molecule has 0 bridgehead atoms. The number of pyridine rings is 2. The summed E-state index contributed by atoms with van der Waals surface area (Å²) in [6.07, 6.45) is 4.05. The highest BCUT2D eigenvalue weighted by Gasteiger charge is 2.43. The highest BCUT2D eigenvalue weighted by atomic mass is 19.1. The number of nitrogens with zero attached hydrogens (tertiary/aromatic N) is 3. The number of benzene rings is 1. The molecule has 1 aliphatic carbocycles. The van der Waals surface area contributed by atoms with Crippen molar-refractivity contribution in [2.75, 3.05) is 26.7 Å². The smallest absolute Gasteiger partial charge is 0.323 e. The zero-order valence-electron chi connectivity index (χ0n) is 20.9. The van der Waals surface area contributed by atoms with Crippen LogP contribution in [0.4, 0.5) is 4.39 Å². The van der Waals surface area contributed by atoms with Crippen LogP contribution in [0.25, 0.3) is 11.0 Å². The number of nitrogens with one attached hydrogen (secondary N) is 1. The van der Waals surface area contributed by atoms with Crippen molar-refractivity contribution in [1.29, 1.82) is 0 Å². The lowest BCUT2D eigenvalue weighted by atomic mass is 9.75.